The Labute approximate surface area is 333 Å². The van der Waals surface area contributed by atoms with E-state index in [1.54, 1.807) is 0 Å². The molecule has 3 aliphatic rings. The highest BCUT2D eigenvalue weighted by atomic mass is 15.1. The van der Waals surface area contributed by atoms with Gasteiger partial charge in [0.1, 0.15) is 0 Å². The number of pyridine rings is 1. The molecule has 0 atom stereocenters. The van der Waals surface area contributed by atoms with E-state index >= 15 is 0 Å². The fourth-order valence-electron chi connectivity index (χ4n) is 9.07. The van der Waals surface area contributed by atoms with Gasteiger partial charge in [-0.1, -0.05) is 147 Å². The van der Waals surface area contributed by atoms with Gasteiger partial charge < -0.3 is 9.47 Å². The molecule has 0 saturated carbocycles. The van der Waals surface area contributed by atoms with Gasteiger partial charge in [0, 0.05) is 50.7 Å². The predicted octanol–water partition coefficient (Wildman–Crippen LogP) is 14.4. The minimum Gasteiger partial charge on any atom is -0.316 e. The number of benzene rings is 8. The van der Waals surface area contributed by atoms with E-state index in [0.29, 0.717) is 0 Å². The summed E-state index contributed by atoms with van der Waals surface area (Å²) in [6.07, 6.45) is 2.25. The van der Waals surface area contributed by atoms with Crippen molar-refractivity contribution < 1.29 is 0 Å². The Morgan fingerprint density at radius 3 is 1.70 bits per heavy atom. The van der Waals surface area contributed by atoms with Crippen molar-refractivity contribution in [1.29, 1.82) is 0 Å². The lowest BCUT2D eigenvalue weighted by atomic mass is 9.82. The van der Waals surface area contributed by atoms with Crippen molar-refractivity contribution in [3.05, 3.63) is 211 Å². The van der Waals surface area contributed by atoms with Gasteiger partial charge in [-0.15, -0.1) is 0 Å². The monoisotopic (exact) mass is 729 g/mol. The second kappa shape index (κ2) is 12.9. The summed E-state index contributed by atoms with van der Waals surface area (Å²) in [5.74, 6) is 0. The number of aromatic nitrogens is 2. The van der Waals surface area contributed by atoms with Crippen molar-refractivity contribution >= 4 is 38.9 Å². The maximum Gasteiger partial charge on any atom is 0.0824 e. The predicted molar refractivity (Wildman–Crippen MR) is 238 cm³/mol. The minimum atomic E-state index is -0.0923. The number of nitrogens with zero attached hydrogens (tertiary/aromatic N) is 3. The van der Waals surface area contributed by atoms with Crippen LogP contribution in [-0.4, -0.2) is 9.55 Å². The topological polar surface area (TPSA) is 21.1 Å². The highest BCUT2D eigenvalue weighted by molar-refractivity contribution is 6.06. The number of fused-ring (bicyclic) bond motifs is 8. The Morgan fingerprint density at radius 2 is 0.982 bits per heavy atom. The van der Waals surface area contributed by atoms with Crippen LogP contribution in [0.15, 0.2) is 200 Å². The van der Waals surface area contributed by atoms with Crippen LogP contribution in [0.5, 0.6) is 0 Å². The van der Waals surface area contributed by atoms with Gasteiger partial charge in [-0.25, -0.2) is 4.98 Å². The summed E-state index contributed by atoms with van der Waals surface area (Å²) in [7, 11) is 0. The van der Waals surface area contributed by atoms with Crippen molar-refractivity contribution in [1.82, 2.24) is 9.55 Å². The quantitative estimate of drug-likeness (QED) is 0.170. The zero-order chi connectivity index (χ0) is 38.1. The van der Waals surface area contributed by atoms with Crippen LogP contribution >= 0.6 is 0 Å². The van der Waals surface area contributed by atoms with Gasteiger partial charge >= 0.3 is 0 Å². The molecule has 0 N–H and O–H groups in total. The first-order valence-corrected chi connectivity index (χ1v) is 19.7. The first kappa shape index (κ1) is 33.1. The van der Waals surface area contributed by atoms with E-state index in [4.69, 9.17) is 4.98 Å². The molecule has 8 aromatic rings. The molecule has 1 aliphatic carbocycles. The van der Waals surface area contributed by atoms with Crippen molar-refractivity contribution in [2.75, 3.05) is 4.90 Å². The molecular formula is C54H39N3. The fourth-order valence-corrected chi connectivity index (χ4v) is 9.07. The summed E-state index contributed by atoms with van der Waals surface area (Å²) in [6, 6.07) is 70.3. The lowest BCUT2D eigenvalue weighted by molar-refractivity contribution is 0.660. The molecule has 0 fully saturated rings. The zero-order valence-corrected chi connectivity index (χ0v) is 31.9. The van der Waals surface area contributed by atoms with Crippen LogP contribution in [0.25, 0.3) is 72.1 Å². The molecule has 0 radical (unpaired) electrons. The molecule has 0 bridgehead atoms. The number of para-hydroxylation sites is 2. The summed E-state index contributed by atoms with van der Waals surface area (Å²) in [5, 5.41) is 2.33. The van der Waals surface area contributed by atoms with E-state index in [2.05, 4.69) is 224 Å². The summed E-state index contributed by atoms with van der Waals surface area (Å²) in [4.78, 5) is 7.41. The van der Waals surface area contributed by atoms with Gasteiger partial charge in [0.15, 0.2) is 0 Å². The zero-order valence-electron chi connectivity index (χ0n) is 31.9. The molecule has 8 aromatic carbocycles. The Balaban J connectivity index is 0.964. The van der Waals surface area contributed by atoms with Crippen LogP contribution in [0.1, 0.15) is 25.0 Å². The molecular weight excluding hydrogens is 691 g/mol. The summed E-state index contributed by atoms with van der Waals surface area (Å²) in [6.45, 7) is 4.70. The average molecular weight is 730 g/mol. The number of anilines is 3. The SMILES string of the molecule is CC1(C)c2ccccc2-c2ccc(N(c3ccc(-c4ccccc4)cc3)c3ccc(-c4ccc(-n5cc6c7ccccc7nc-6c6ccccc65)cc4)cc3)cc21. The van der Waals surface area contributed by atoms with E-state index in [9.17, 15) is 0 Å². The molecule has 0 saturated heterocycles. The smallest absolute Gasteiger partial charge is 0.0824 e. The van der Waals surface area contributed by atoms with Crippen molar-refractivity contribution in [3.63, 3.8) is 0 Å². The first-order valence-electron chi connectivity index (χ1n) is 19.7. The third kappa shape index (κ3) is 5.38. The second-order valence-corrected chi connectivity index (χ2v) is 15.7. The Morgan fingerprint density at radius 1 is 0.439 bits per heavy atom. The van der Waals surface area contributed by atoms with Crippen LogP contribution in [0, 0.1) is 0 Å². The molecule has 0 aromatic heterocycles. The Hall–Kier alpha value is -7.23. The fraction of sp³-hybridized carbons (Fsp3) is 0.0556. The van der Waals surface area contributed by atoms with Gasteiger partial charge in [0.2, 0.25) is 0 Å². The highest BCUT2D eigenvalue weighted by Crippen LogP contribution is 2.50. The van der Waals surface area contributed by atoms with Crippen LogP contribution < -0.4 is 4.90 Å². The summed E-state index contributed by atoms with van der Waals surface area (Å²) in [5.41, 5.74) is 19.0. The lowest BCUT2D eigenvalue weighted by Gasteiger charge is -2.28. The van der Waals surface area contributed by atoms with Crippen LogP contribution in [0.3, 0.4) is 0 Å². The van der Waals surface area contributed by atoms with Crippen molar-refractivity contribution in [3.8, 4) is 50.3 Å². The Kier molecular flexibility index (Phi) is 7.52. The van der Waals surface area contributed by atoms with Crippen molar-refractivity contribution in [2.45, 2.75) is 19.3 Å². The number of hydrogen-bond acceptors (Lipinski definition) is 2. The largest absolute Gasteiger partial charge is 0.316 e. The van der Waals surface area contributed by atoms with Gasteiger partial charge in [0.25, 0.3) is 0 Å². The summed E-state index contributed by atoms with van der Waals surface area (Å²) < 4.78 is 2.30. The molecule has 3 nitrogen and oxygen atoms in total. The highest BCUT2D eigenvalue weighted by Gasteiger charge is 2.35. The maximum atomic E-state index is 5.02. The van der Waals surface area contributed by atoms with E-state index in [1.165, 1.54) is 55.5 Å². The first-order chi connectivity index (χ1) is 28.0. The molecule has 0 unspecified atom stereocenters. The third-order valence-corrected chi connectivity index (χ3v) is 12.0. The molecule has 0 spiro atoms. The van der Waals surface area contributed by atoms with Gasteiger partial charge in [0.05, 0.1) is 16.7 Å². The molecule has 2 heterocycles. The molecule has 0 amide bonds. The normalized spacial score (nSPS) is 12.9. The van der Waals surface area contributed by atoms with Gasteiger partial charge in [-0.2, -0.15) is 0 Å². The standard InChI is InChI=1S/C54H39N3/c1-54(2)49-17-9-6-14-44(49)45-33-32-43(34-50(45)54)57(41-28-22-37(23-29-41)36-12-4-3-5-13-36)42-30-24-39(25-31-42)38-20-26-40(27-21-38)56-35-48-46-15-7-10-18-51(46)55-53(48)47-16-8-11-19-52(47)56/h3-35H,1-2H3. The molecule has 11 rings (SSSR count). The van der Waals surface area contributed by atoms with Crippen molar-refractivity contribution in [2.24, 2.45) is 0 Å². The third-order valence-electron chi connectivity index (χ3n) is 12.0. The maximum absolute atomic E-state index is 5.02. The van der Waals surface area contributed by atoms with E-state index in [0.717, 1.165) is 44.9 Å². The minimum absolute atomic E-state index is 0.0923. The molecule has 57 heavy (non-hydrogen) atoms. The number of hydrogen-bond donors (Lipinski definition) is 0. The van der Waals surface area contributed by atoms with Gasteiger partial charge in [-0.3, -0.25) is 0 Å². The average Bonchev–Trinajstić information content (AvgIpc) is 3.76. The second-order valence-electron chi connectivity index (χ2n) is 15.7. The molecule has 2 aliphatic heterocycles. The van der Waals surface area contributed by atoms with E-state index < -0.39 is 0 Å². The van der Waals surface area contributed by atoms with Crippen LogP contribution in [-0.2, 0) is 5.41 Å². The lowest BCUT2D eigenvalue weighted by Crippen LogP contribution is -2.16. The van der Waals surface area contributed by atoms with Crippen LogP contribution in [0.2, 0.25) is 0 Å². The number of rotatable bonds is 6. The Bertz CT molecular complexity index is 3060. The molecule has 3 heteroatoms. The van der Waals surface area contributed by atoms with Crippen LogP contribution in [0.4, 0.5) is 17.1 Å². The van der Waals surface area contributed by atoms with E-state index in [1.807, 2.05) is 0 Å². The van der Waals surface area contributed by atoms with Gasteiger partial charge in [-0.05, 0) is 105 Å². The van der Waals surface area contributed by atoms with E-state index in [-0.39, 0.29) is 5.41 Å². The summed E-state index contributed by atoms with van der Waals surface area (Å²) >= 11 is 0. The molecule has 270 valence electrons.